The number of thioether (sulfide) groups is 1. The van der Waals surface area contributed by atoms with Gasteiger partial charge in [0.15, 0.2) is 5.54 Å². The van der Waals surface area contributed by atoms with Gasteiger partial charge in [0.1, 0.15) is 21.0 Å². The Morgan fingerprint density at radius 3 is 2.33 bits per heavy atom. The average Bonchev–Trinajstić information content (AvgIpc) is 3.52. The molecule has 2 amide bonds. The lowest BCUT2D eigenvalue weighted by atomic mass is 9.73. The third-order valence-electron chi connectivity index (χ3n) is 7.98. The minimum atomic E-state index is -5.04. The van der Waals surface area contributed by atoms with Gasteiger partial charge < -0.3 is 9.64 Å². The molecular weight excluding hydrogens is 667 g/mol. The minimum absolute atomic E-state index is 0.0245. The van der Waals surface area contributed by atoms with Gasteiger partial charge in [-0.2, -0.15) is 13.2 Å². The Hall–Kier alpha value is -3.26. The lowest BCUT2D eigenvalue weighted by molar-refractivity contribution is -0.177. The first-order chi connectivity index (χ1) is 20.5. The van der Waals surface area contributed by atoms with Crippen LogP contribution in [-0.2, 0) is 31.2 Å². The van der Waals surface area contributed by atoms with E-state index in [1.54, 1.807) is 66.7 Å². The first kappa shape index (κ1) is 29.8. The Labute approximate surface area is 262 Å². The van der Waals surface area contributed by atoms with E-state index in [1.807, 2.05) is 6.07 Å². The number of fused-ring (bicyclic) bond motifs is 3. The highest BCUT2D eigenvalue weighted by molar-refractivity contribution is 9.10. The third kappa shape index (κ3) is 4.34. The van der Waals surface area contributed by atoms with Crippen LogP contribution < -0.4 is 15.1 Å². The number of benzene rings is 3. The zero-order chi connectivity index (χ0) is 30.7. The molecule has 0 bridgehead atoms. The summed E-state index contributed by atoms with van der Waals surface area (Å²) in [5.41, 5.74) is -0.822. The molecule has 0 aliphatic carbocycles. The molecule has 0 radical (unpaired) electrons. The molecule has 13 heteroatoms. The summed E-state index contributed by atoms with van der Waals surface area (Å²) in [6.45, 7) is 1.26. The van der Waals surface area contributed by atoms with Crippen molar-refractivity contribution in [2.24, 2.45) is 5.92 Å². The topological polar surface area (TPSA) is 79.0 Å². The first-order valence-electron chi connectivity index (χ1n) is 13.3. The Morgan fingerprint density at radius 2 is 1.67 bits per heavy atom. The summed E-state index contributed by atoms with van der Waals surface area (Å²) in [5.74, 6) is -5.09. The van der Waals surface area contributed by atoms with Crippen molar-refractivity contribution in [2.75, 3.05) is 16.4 Å². The normalized spacial score (nSPS) is 26.6. The highest BCUT2D eigenvalue weighted by Crippen LogP contribution is 2.64. The van der Waals surface area contributed by atoms with Gasteiger partial charge in [-0.05, 0) is 42.8 Å². The molecule has 3 aromatic carbocycles. The number of halogens is 4. The zero-order valence-corrected chi connectivity index (χ0v) is 25.6. The number of carbonyl (C=O) groups excluding carboxylic acids is 3. The number of hydrogen-bond donors (Lipinski definition) is 1. The second-order valence-corrected chi connectivity index (χ2v) is 13.1. The van der Waals surface area contributed by atoms with E-state index in [2.05, 4.69) is 21.2 Å². The highest BCUT2D eigenvalue weighted by atomic mass is 79.9. The van der Waals surface area contributed by atoms with Crippen molar-refractivity contribution >= 4 is 73.4 Å². The molecule has 2 saturated heterocycles. The molecule has 0 unspecified atom stereocenters. The van der Waals surface area contributed by atoms with E-state index in [-0.39, 0.29) is 28.7 Å². The summed E-state index contributed by atoms with van der Waals surface area (Å²) >= 11 is 9.61. The Bertz CT molecular complexity index is 1640. The maximum atomic E-state index is 15.0. The summed E-state index contributed by atoms with van der Waals surface area (Å²) in [6, 6.07) is 19.2. The molecule has 6 rings (SSSR count). The van der Waals surface area contributed by atoms with Gasteiger partial charge in [0.05, 0.1) is 18.8 Å². The van der Waals surface area contributed by atoms with Crippen LogP contribution in [0.2, 0.25) is 0 Å². The second-order valence-electron chi connectivity index (χ2n) is 10.3. The molecule has 7 nitrogen and oxygen atoms in total. The van der Waals surface area contributed by atoms with Crippen molar-refractivity contribution in [1.82, 2.24) is 5.32 Å². The predicted octanol–water partition coefficient (Wildman–Crippen LogP) is 5.71. The number of anilines is 2. The van der Waals surface area contributed by atoms with Crippen LogP contribution in [0.4, 0.5) is 24.5 Å². The fourth-order valence-electron chi connectivity index (χ4n) is 6.29. The van der Waals surface area contributed by atoms with Gasteiger partial charge in [-0.15, -0.1) is 0 Å². The summed E-state index contributed by atoms with van der Waals surface area (Å²) in [4.78, 5) is 45.7. The van der Waals surface area contributed by atoms with Crippen LogP contribution in [0.15, 0.2) is 83.3 Å². The summed E-state index contributed by atoms with van der Waals surface area (Å²) in [6.07, 6.45) is -5.04. The number of esters is 1. The van der Waals surface area contributed by atoms with E-state index < -0.39 is 46.2 Å². The van der Waals surface area contributed by atoms with Gasteiger partial charge in [-0.3, -0.25) is 24.6 Å². The number of ether oxygens (including phenoxy) is 1. The van der Waals surface area contributed by atoms with E-state index in [1.165, 1.54) is 17.9 Å². The molecule has 2 spiro atoms. The molecule has 0 saturated carbocycles. The van der Waals surface area contributed by atoms with Gasteiger partial charge in [-0.1, -0.05) is 88.4 Å². The molecule has 3 aromatic rings. The number of rotatable bonds is 5. The first-order valence-corrected chi connectivity index (χ1v) is 15.3. The lowest BCUT2D eigenvalue weighted by Crippen LogP contribution is -2.64. The van der Waals surface area contributed by atoms with Crippen LogP contribution >= 0.6 is 39.9 Å². The molecule has 43 heavy (non-hydrogen) atoms. The number of alkyl halides is 3. The zero-order valence-electron chi connectivity index (χ0n) is 22.4. The molecule has 0 aromatic heterocycles. The average molecular weight is 691 g/mol. The fourth-order valence-corrected chi connectivity index (χ4v) is 8.64. The van der Waals surface area contributed by atoms with Crippen molar-refractivity contribution in [1.29, 1.82) is 0 Å². The second kappa shape index (κ2) is 10.7. The van der Waals surface area contributed by atoms with Crippen molar-refractivity contribution in [3.05, 3.63) is 94.5 Å². The Kier molecular flexibility index (Phi) is 7.43. The minimum Gasteiger partial charge on any atom is -0.466 e. The smallest absolute Gasteiger partial charge is 0.404 e. The predicted molar refractivity (Wildman–Crippen MR) is 163 cm³/mol. The SMILES string of the molecule is CCOC(=O)[C@@H]1[C@@H](C(F)(F)F)N[C@@]2(C(=O)N(Cc3ccccc3)c3ccccc32)[C@]12SC(=S)N(c1ccc(Br)cc1)C2=O. The van der Waals surface area contributed by atoms with E-state index in [0.29, 0.717) is 21.9 Å². The van der Waals surface area contributed by atoms with Crippen LogP contribution in [-0.4, -0.2) is 45.7 Å². The Balaban J connectivity index is 1.62. The standard InChI is InChI=1S/C30H23BrF3N3O4S2/c1-2-41-24(38)22-23(30(32,33)34)35-28(29(22)26(40)37(27(42)43-29)19-14-12-18(31)13-15-19)20-10-6-7-11-21(20)36(25(28)39)16-17-8-4-3-5-9-17/h3-15,22-23,35H,2,16H2,1H3/t22-,23-,28-,29-/m0/s1. The molecule has 2 fully saturated rings. The summed E-state index contributed by atoms with van der Waals surface area (Å²) in [7, 11) is 0. The number of thiocarbonyl (C=S) groups is 1. The molecule has 4 atom stereocenters. The van der Waals surface area contributed by atoms with E-state index in [0.717, 1.165) is 10.5 Å². The molecule has 3 heterocycles. The third-order valence-corrected chi connectivity index (χ3v) is 10.4. The summed E-state index contributed by atoms with van der Waals surface area (Å²) in [5, 5.41) is 2.53. The largest absolute Gasteiger partial charge is 0.466 e. The van der Waals surface area contributed by atoms with Crippen LogP contribution in [0.1, 0.15) is 18.1 Å². The van der Waals surface area contributed by atoms with Gasteiger partial charge >= 0.3 is 12.1 Å². The van der Waals surface area contributed by atoms with E-state index in [9.17, 15) is 27.6 Å². The number of nitrogens with zero attached hydrogens (tertiary/aromatic N) is 2. The highest BCUT2D eigenvalue weighted by Gasteiger charge is 2.83. The molecule has 3 aliphatic heterocycles. The van der Waals surface area contributed by atoms with Crippen LogP contribution in [0.25, 0.3) is 0 Å². The van der Waals surface area contributed by atoms with Crippen LogP contribution in [0, 0.1) is 5.92 Å². The number of hydrogen-bond acceptors (Lipinski definition) is 7. The van der Waals surface area contributed by atoms with E-state index >= 15 is 0 Å². The maximum Gasteiger partial charge on any atom is 0.404 e. The number of amides is 2. The summed E-state index contributed by atoms with van der Waals surface area (Å²) < 4.78 is 48.3. The van der Waals surface area contributed by atoms with E-state index in [4.69, 9.17) is 17.0 Å². The monoisotopic (exact) mass is 689 g/mol. The van der Waals surface area contributed by atoms with Crippen molar-refractivity contribution in [3.63, 3.8) is 0 Å². The Morgan fingerprint density at radius 1 is 1.02 bits per heavy atom. The maximum absolute atomic E-state index is 15.0. The van der Waals surface area contributed by atoms with Gasteiger partial charge in [-0.25, -0.2) is 0 Å². The molecule has 3 aliphatic rings. The lowest BCUT2D eigenvalue weighted by Gasteiger charge is -2.38. The molecule has 1 N–H and O–H groups in total. The van der Waals surface area contributed by atoms with Crippen LogP contribution in [0.3, 0.4) is 0 Å². The fraction of sp³-hybridized carbons (Fsp3) is 0.267. The molecule has 222 valence electrons. The van der Waals surface area contributed by atoms with Gasteiger partial charge in [0.25, 0.3) is 11.8 Å². The van der Waals surface area contributed by atoms with Gasteiger partial charge in [0.2, 0.25) is 0 Å². The van der Waals surface area contributed by atoms with Crippen molar-refractivity contribution < 1.29 is 32.3 Å². The number of carbonyl (C=O) groups is 3. The van der Waals surface area contributed by atoms with Gasteiger partial charge in [0, 0.05) is 15.7 Å². The number of para-hydroxylation sites is 1. The quantitative estimate of drug-likeness (QED) is 0.272. The van der Waals surface area contributed by atoms with Crippen LogP contribution in [0.5, 0.6) is 0 Å². The number of nitrogens with one attached hydrogen (secondary N) is 1. The van der Waals surface area contributed by atoms with Crippen molar-refractivity contribution in [3.8, 4) is 0 Å². The molecular formula is C30H23BrF3N3O4S2. The van der Waals surface area contributed by atoms with Crippen molar-refractivity contribution in [2.45, 2.75) is 36.0 Å².